The van der Waals surface area contributed by atoms with E-state index in [1.54, 1.807) is 6.07 Å². The minimum absolute atomic E-state index is 0.0817. The number of likely N-dealkylation sites (N-methyl/N-ethyl adjacent to an activating group) is 4. The lowest BCUT2D eigenvalue weighted by molar-refractivity contribution is -0.176. The van der Waals surface area contributed by atoms with Crippen LogP contribution in [0.5, 0.6) is 0 Å². The van der Waals surface area contributed by atoms with Gasteiger partial charge in [-0.15, -0.1) is 0 Å². The summed E-state index contributed by atoms with van der Waals surface area (Å²) >= 11 is 0. The van der Waals surface area contributed by atoms with Crippen molar-refractivity contribution in [1.82, 2.24) is 38.7 Å². The van der Waals surface area contributed by atoms with Crippen molar-refractivity contribution < 1.29 is 57.3 Å². The summed E-state index contributed by atoms with van der Waals surface area (Å²) in [5.74, 6) is -5.75. The number of amides is 4. The molecule has 2 aromatic heterocycles. The molecule has 460 valence electrons. The Balaban J connectivity index is 1.60. The maximum Gasteiger partial charge on any atom is 0.329 e. The molecule has 0 aliphatic carbocycles. The molecule has 8 atom stereocenters. The van der Waals surface area contributed by atoms with Crippen LogP contribution in [0.2, 0.25) is 0 Å². The molecule has 0 bridgehead atoms. The second-order valence-corrected chi connectivity index (χ2v) is 24.5. The van der Waals surface area contributed by atoms with Crippen molar-refractivity contribution >= 4 is 47.5 Å². The molecule has 2 aromatic carbocycles. The third-order valence-electron chi connectivity index (χ3n) is 15.2. The van der Waals surface area contributed by atoms with Crippen molar-refractivity contribution in [3.63, 3.8) is 0 Å². The van der Waals surface area contributed by atoms with E-state index in [1.807, 2.05) is 147 Å². The lowest BCUT2D eigenvalue weighted by atomic mass is 9.99. The van der Waals surface area contributed by atoms with E-state index in [4.69, 9.17) is 18.9 Å². The first-order chi connectivity index (χ1) is 39.3. The molecule has 1 aliphatic heterocycles. The van der Waals surface area contributed by atoms with Crippen LogP contribution in [0.15, 0.2) is 60.9 Å². The molecule has 84 heavy (non-hydrogen) atoms. The van der Waals surface area contributed by atoms with Crippen molar-refractivity contribution in [3.8, 4) is 0 Å². The number of esters is 4. The molecule has 4 amide bonds. The summed E-state index contributed by atoms with van der Waals surface area (Å²) in [6.07, 6.45) is -2.09. The molecule has 0 unspecified atom stereocenters. The lowest BCUT2D eigenvalue weighted by Crippen LogP contribution is -2.55. The molecule has 0 saturated carbocycles. The highest BCUT2D eigenvalue weighted by Crippen LogP contribution is 2.25. The fourth-order valence-electron chi connectivity index (χ4n) is 10.6. The van der Waals surface area contributed by atoms with E-state index in [0.29, 0.717) is 24.2 Å². The van der Waals surface area contributed by atoms with Crippen LogP contribution in [-0.4, -0.2) is 163 Å². The van der Waals surface area contributed by atoms with Crippen LogP contribution >= 0.6 is 0 Å². The number of imidazole rings is 2. The Labute approximate surface area is 496 Å². The minimum atomic E-state index is -1.54. The minimum Gasteiger partial charge on any atom is -0.451 e. The number of benzene rings is 2. The number of aryl methyl sites for hydroxylation is 4. The number of ether oxygens (including phenoxy) is 4. The first-order valence-electron chi connectivity index (χ1n) is 29.4. The molecular formula is C64H92N8O12. The Bertz CT molecular complexity index is 2930. The topological polar surface area (TPSA) is 222 Å². The average molecular weight is 1170 g/mol. The van der Waals surface area contributed by atoms with E-state index < -0.39 is 96.1 Å². The van der Waals surface area contributed by atoms with Crippen LogP contribution in [0, 0.1) is 51.4 Å². The standard InChI is InChI=1S/C64H92N8O12/c1-37(2)26-51-61(77)81-44(12)58(74)68(16)54(29-40(7)8)64(80)84-56(32-49-20-19-21-50(30-49)36-72-34-42(10)66-46(72)14)60(76)70(18)52(27-38(3)4)62(78)82-43(11)57(73)67(15)53(28-39(5)6)63(79)83-55(59(75)69(51)17)31-47-22-24-48(25-23-47)35-71-33-41(9)65-45(71)13/h19-25,30,33-34,37-40,43-44,51-56H,26-29,31-32,35-36H2,1-18H3/t43-,44-,51+,52+,53+,54+,55-,56-/m1/s1. The molecule has 4 aromatic rings. The molecule has 1 aliphatic rings. The zero-order valence-electron chi connectivity index (χ0n) is 52.8. The maximum absolute atomic E-state index is 15.1. The maximum atomic E-state index is 15.1. The highest BCUT2D eigenvalue weighted by Gasteiger charge is 2.43. The molecule has 3 heterocycles. The first-order valence-corrected chi connectivity index (χ1v) is 29.4. The predicted octanol–water partition coefficient (Wildman–Crippen LogP) is 7.39. The predicted molar refractivity (Wildman–Crippen MR) is 317 cm³/mol. The molecular weight excluding hydrogens is 1070 g/mol. The van der Waals surface area contributed by atoms with Gasteiger partial charge >= 0.3 is 23.9 Å². The largest absolute Gasteiger partial charge is 0.451 e. The summed E-state index contributed by atoms with van der Waals surface area (Å²) in [6.45, 7) is 26.3. The van der Waals surface area contributed by atoms with Crippen LogP contribution in [-0.2, 0) is 83.2 Å². The van der Waals surface area contributed by atoms with Gasteiger partial charge in [-0.25, -0.2) is 29.1 Å². The van der Waals surface area contributed by atoms with E-state index in [-0.39, 0.29) is 62.2 Å². The molecule has 0 spiro atoms. The summed E-state index contributed by atoms with van der Waals surface area (Å²) < 4.78 is 28.4. The van der Waals surface area contributed by atoms with Gasteiger partial charge in [-0.3, -0.25) is 19.2 Å². The van der Waals surface area contributed by atoms with Crippen molar-refractivity contribution in [3.05, 3.63) is 106 Å². The van der Waals surface area contributed by atoms with Gasteiger partial charge in [-0.1, -0.05) is 104 Å². The quantitative estimate of drug-likeness (QED) is 0.0789. The molecule has 0 radical (unpaired) electrons. The lowest BCUT2D eigenvalue weighted by Gasteiger charge is -2.35. The van der Waals surface area contributed by atoms with Gasteiger partial charge in [-0.2, -0.15) is 0 Å². The Kier molecular flexibility index (Phi) is 24.0. The normalized spacial score (nSPS) is 22.7. The molecule has 20 heteroatoms. The van der Waals surface area contributed by atoms with Gasteiger partial charge in [0.05, 0.1) is 11.4 Å². The second-order valence-electron chi connectivity index (χ2n) is 24.5. The number of hydrogen-bond donors (Lipinski definition) is 0. The third kappa shape index (κ3) is 18.3. The summed E-state index contributed by atoms with van der Waals surface area (Å²) in [7, 11) is 5.60. The highest BCUT2D eigenvalue weighted by atomic mass is 16.6. The van der Waals surface area contributed by atoms with Gasteiger partial charge in [-0.05, 0) is 113 Å². The summed E-state index contributed by atoms with van der Waals surface area (Å²) in [6, 6.07) is 9.77. The summed E-state index contributed by atoms with van der Waals surface area (Å²) in [5.41, 5.74) is 4.82. The van der Waals surface area contributed by atoms with Gasteiger partial charge in [0, 0.05) is 66.5 Å². The van der Waals surface area contributed by atoms with E-state index >= 15 is 9.59 Å². The van der Waals surface area contributed by atoms with E-state index in [2.05, 4.69) is 9.97 Å². The Morgan fingerprint density at radius 2 is 0.726 bits per heavy atom. The number of rotatable bonds is 16. The molecule has 20 nitrogen and oxygen atoms in total. The van der Waals surface area contributed by atoms with Crippen LogP contribution in [0.25, 0.3) is 0 Å². The zero-order chi connectivity index (χ0) is 62.6. The SMILES string of the molecule is Cc1cn(Cc2ccc(C[C@H]3OC(=O)[C@H](CC(C)C)N(C)C(=O)[C@@H](C)OC(=O)[C@H](CC(C)C)N(C)C(=O)[C@@H](Cc4cccc(Cn5cc(C)nc5C)c4)OC(=O)[C@H](CC(C)C)N(C)C(=O)[C@@H](C)OC(=O)[C@H](CC(C)C)N(C)C3=O)cc2)c(C)n1. The fraction of sp³-hybridized carbons (Fsp3) is 0.594. The zero-order valence-corrected chi connectivity index (χ0v) is 52.8. The smallest absolute Gasteiger partial charge is 0.329 e. The van der Waals surface area contributed by atoms with Crippen LogP contribution < -0.4 is 0 Å². The number of cyclic esters (lactones) is 4. The highest BCUT2D eigenvalue weighted by molar-refractivity contribution is 5.94. The number of nitrogens with zero attached hydrogens (tertiary/aromatic N) is 8. The summed E-state index contributed by atoms with van der Waals surface area (Å²) in [4.78, 5) is 132. The van der Waals surface area contributed by atoms with Crippen LogP contribution in [0.1, 0.15) is 140 Å². The van der Waals surface area contributed by atoms with Crippen molar-refractivity contribution in [2.45, 2.75) is 197 Å². The van der Waals surface area contributed by atoms with Gasteiger partial charge < -0.3 is 47.7 Å². The third-order valence-corrected chi connectivity index (χ3v) is 15.2. The molecule has 5 rings (SSSR count). The van der Waals surface area contributed by atoms with E-state index in [1.165, 1.54) is 51.8 Å². The fourth-order valence-corrected chi connectivity index (χ4v) is 10.6. The Morgan fingerprint density at radius 3 is 1.07 bits per heavy atom. The number of carbonyl (C=O) groups is 8. The molecule has 1 saturated heterocycles. The number of hydrogen-bond acceptors (Lipinski definition) is 14. The van der Waals surface area contributed by atoms with E-state index in [9.17, 15) is 28.8 Å². The van der Waals surface area contributed by atoms with Crippen molar-refractivity contribution in [2.24, 2.45) is 23.7 Å². The molecule has 0 N–H and O–H groups in total. The van der Waals surface area contributed by atoms with Gasteiger partial charge in [0.15, 0.2) is 24.4 Å². The second kappa shape index (κ2) is 29.9. The first kappa shape index (κ1) is 67.4. The molecule has 1 fully saturated rings. The Hall–Kier alpha value is -7.38. The van der Waals surface area contributed by atoms with Gasteiger partial charge in [0.1, 0.15) is 35.8 Å². The van der Waals surface area contributed by atoms with Crippen molar-refractivity contribution in [2.75, 3.05) is 28.2 Å². The van der Waals surface area contributed by atoms with Gasteiger partial charge in [0.25, 0.3) is 23.6 Å². The Morgan fingerprint density at radius 1 is 0.417 bits per heavy atom. The van der Waals surface area contributed by atoms with Gasteiger partial charge in [0.2, 0.25) is 0 Å². The number of carbonyl (C=O) groups excluding carboxylic acids is 8. The van der Waals surface area contributed by atoms with Crippen LogP contribution in [0.4, 0.5) is 0 Å². The van der Waals surface area contributed by atoms with Crippen molar-refractivity contribution in [1.29, 1.82) is 0 Å². The van der Waals surface area contributed by atoms with Crippen LogP contribution in [0.3, 0.4) is 0 Å². The number of aromatic nitrogens is 4. The monoisotopic (exact) mass is 1160 g/mol. The summed E-state index contributed by atoms with van der Waals surface area (Å²) in [5, 5.41) is 0. The average Bonchev–Trinajstić information content (AvgIpc) is 4.09. The van der Waals surface area contributed by atoms with E-state index in [0.717, 1.165) is 44.0 Å².